The summed E-state index contributed by atoms with van der Waals surface area (Å²) in [6.45, 7) is 4.97. The van der Waals surface area contributed by atoms with Gasteiger partial charge in [0.15, 0.2) is 0 Å². The molecule has 1 saturated heterocycles. The number of hydrogen-bond donors (Lipinski definition) is 1. The lowest BCUT2D eigenvalue weighted by molar-refractivity contribution is -0.130. The summed E-state index contributed by atoms with van der Waals surface area (Å²) in [5, 5.41) is 8.83. The van der Waals surface area contributed by atoms with Gasteiger partial charge in [0.25, 0.3) is 0 Å². The Hall–Kier alpha value is -2.02. The molecule has 0 saturated carbocycles. The molecule has 2 N–H and O–H groups in total. The summed E-state index contributed by atoms with van der Waals surface area (Å²) < 4.78 is 0. The third-order valence-corrected chi connectivity index (χ3v) is 3.04. The van der Waals surface area contributed by atoms with Gasteiger partial charge < -0.3 is 10.6 Å². The zero-order valence-corrected chi connectivity index (χ0v) is 9.52. The van der Waals surface area contributed by atoms with Crippen LogP contribution in [0.2, 0.25) is 0 Å². The number of rotatable bonds is 2. The first-order chi connectivity index (χ1) is 8.11. The highest BCUT2D eigenvalue weighted by Crippen LogP contribution is 2.22. The van der Waals surface area contributed by atoms with Crippen molar-refractivity contribution in [1.82, 2.24) is 4.90 Å². The second-order valence-electron chi connectivity index (χ2n) is 4.27. The van der Waals surface area contributed by atoms with Crippen LogP contribution >= 0.6 is 0 Å². The van der Waals surface area contributed by atoms with Gasteiger partial charge in [0, 0.05) is 24.7 Å². The van der Waals surface area contributed by atoms with E-state index in [1.54, 1.807) is 23.1 Å². The van der Waals surface area contributed by atoms with Crippen LogP contribution in [0.1, 0.15) is 17.5 Å². The first-order valence-corrected chi connectivity index (χ1v) is 5.52. The van der Waals surface area contributed by atoms with Crippen LogP contribution in [-0.2, 0) is 11.3 Å². The number of nitrogens with two attached hydrogens (primary N) is 1. The summed E-state index contributed by atoms with van der Waals surface area (Å²) in [5.41, 5.74) is 7.84. The highest BCUT2D eigenvalue weighted by molar-refractivity contribution is 5.81. The van der Waals surface area contributed by atoms with E-state index in [4.69, 9.17) is 11.0 Å². The molecule has 1 aliphatic heterocycles. The fraction of sp³-hybridized carbons (Fsp3) is 0.308. The van der Waals surface area contributed by atoms with Crippen molar-refractivity contribution in [3.05, 3.63) is 36.2 Å². The largest absolute Gasteiger partial charge is 0.398 e. The zero-order chi connectivity index (χ0) is 12.4. The average Bonchev–Trinajstić information content (AvgIpc) is 2.64. The zero-order valence-electron chi connectivity index (χ0n) is 9.52. The number of benzene rings is 1. The Bertz CT molecular complexity index is 490. The van der Waals surface area contributed by atoms with Gasteiger partial charge in [-0.15, -0.1) is 0 Å². The van der Waals surface area contributed by atoms with E-state index in [0.29, 0.717) is 24.3 Å². The smallest absolute Gasteiger partial charge is 0.226 e. The van der Waals surface area contributed by atoms with Gasteiger partial charge in [-0.25, -0.2) is 0 Å². The number of carbonyl (C=O) groups is 1. The molecule has 4 nitrogen and oxygen atoms in total. The van der Waals surface area contributed by atoms with Crippen molar-refractivity contribution < 1.29 is 4.79 Å². The maximum absolute atomic E-state index is 11.7. The maximum atomic E-state index is 11.7. The second kappa shape index (κ2) is 4.46. The van der Waals surface area contributed by atoms with Gasteiger partial charge in [-0.3, -0.25) is 4.79 Å². The highest BCUT2D eigenvalue weighted by Gasteiger charge is 2.28. The molecule has 17 heavy (non-hydrogen) atoms. The molecule has 4 heteroatoms. The lowest BCUT2D eigenvalue weighted by Crippen LogP contribution is -2.26. The van der Waals surface area contributed by atoms with Gasteiger partial charge in [0.1, 0.15) is 0 Å². The topological polar surface area (TPSA) is 70.1 Å². The third-order valence-electron chi connectivity index (χ3n) is 3.04. The first kappa shape index (κ1) is 11.5. The molecular formula is C13H14N3O. The monoisotopic (exact) mass is 228 g/mol. The van der Waals surface area contributed by atoms with Gasteiger partial charge in [-0.1, -0.05) is 0 Å². The molecule has 1 atom stereocenters. The number of nitrogen functional groups attached to an aromatic ring is 1. The van der Waals surface area contributed by atoms with E-state index in [1.807, 2.05) is 0 Å². The van der Waals surface area contributed by atoms with Gasteiger partial charge in [0.2, 0.25) is 5.91 Å². The molecule has 1 unspecified atom stereocenters. The van der Waals surface area contributed by atoms with Crippen LogP contribution in [0.4, 0.5) is 5.69 Å². The number of amides is 1. The predicted octanol–water partition coefficient (Wildman–Crippen LogP) is 1.32. The summed E-state index contributed by atoms with van der Waals surface area (Å²) >= 11 is 0. The standard InChI is InChI=1S/C13H14N3O/c1-9-4-5-16(13(9)17)8-11-6-10(7-14)2-3-12(11)15/h2-3,6,9H,1,4-5,8,15H2. The van der Waals surface area contributed by atoms with E-state index < -0.39 is 0 Å². The fourth-order valence-electron chi connectivity index (χ4n) is 1.98. The molecule has 0 aliphatic carbocycles. The quantitative estimate of drug-likeness (QED) is 0.776. The number of nitriles is 1. The molecule has 1 radical (unpaired) electrons. The number of nitrogens with zero attached hydrogens (tertiary/aromatic N) is 2. The normalized spacial score (nSPS) is 19.4. The maximum Gasteiger partial charge on any atom is 0.226 e. The first-order valence-electron chi connectivity index (χ1n) is 5.52. The highest BCUT2D eigenvalue weighted by atomic mass is 16.2. The van der Waals surface area contributed by atoms with E-state index in [0.717, 1.165) is 12.0 Å². The summed E-state index contributed by atoms with van der Waals surface area (Å²) in [4.78, 5) is 13.5. The minimum Gasteiger partial charge on any atom is -0.398 e. The molecule has 1 aromatic carbocycles. The van der Waals surface area contributed by atoms with Crippen molar-refractivity contribution in [2.75, 3.05) is 12.3 Å². The molecule has 1 aromatic rings. The SMILES string of the molecule is [CH2]C1CCN(Cc2cc(C#N)ccc2N)C1=O. The Morgan fingerprint density at radius 1 is 1.59 bits per heavy atom. The van der Waals surface area contributed by atoms with E-state index in [2.05, 4.69) is 13.0 Å². The third kappa shape index (κ3) is 2.23. The van der Waals surface area contributed by atoms with Crippen LogP contribution in [0.15, 0.2) is 18.2 Å². The molecule has 1 amide bonds. The van der Waals surface area contributed by atoms with E-state index in [9.17, 15) is 4.79 Å². The van der Waals surface area contributed by atoms with Crippen molar-refractivity contribution in [3.63, 3.8) is 0 Å². The Kier molecular flexibility index (Phi) is 3.01. The fourth-order valence-corrected chi connectivity index (χ4v) is 1.98. The van der Waals surface area contributed by atoms with Crippen LogP contribution in [0, 0.1) is 24.2 Å². The average molecular weight is 228 g/mol. The molecule has 0 spiro atoms. The van der Waals surface area contributed by atoms with Crippen LogP contribution in [0.25, 0.3) is 0 Å². The van der Waals surface area contributed by atoms with Gasteiger partial charge in [-0.05, 0) is 37.1 Å². The molecule has 1 aliphatic rings. The van der Waals surface area contributed by atoms with Crippen LogP contribution in [0.5, 0.6) is 0 Å². The van der Waals surface area contributed by atoms with Gasteiger partial charge in [-0.2, -0.15) is 5.26 Å². The predicted molar refractivity (Wildman–Crippen MR) is 64.5 cm³/mol. The van der Waals surface area contributed by atoms with E-state index >= 15 is 0 Å². The van der Waals surface area contributed by atoms with Crippen molar-refractivity contribution >= 4 is 11.6 Å². The molecular weight excluding hydrogens is 214 g/mol. The number of hydrogen-bond acceptors (Lipinski definition) is 3. The Balaban J connectivity index is 2.19. The van der Waals surface area contributed by atoms with Crippen LogP contribution in [-0.4, -0.2) is 17.4 Å². The van der Waals surface area contributed by atoms with Crippen LogP contribution in [0.3, 0.4) is 0 Å². The summed E-state index contributed by atoms with van der Waals surface area (Å²) in [7, 11) is 0. The summed E-state index contributed by atoms with van der Waals surface area (Å²) in [6.07, 6.45) is 0.788. The van der Waals surface area contributed by atoms with Gasteiger partial charge >= 0.3 is 0 Å². The molecule has 1 heterocycles. The van der Waals surface area contributed by atoms with Crippen molar-refractivity contribution in [2.45, 2.75) is 13.0 Å². The summed E-state index contributed by atoms with van der Waals surface area (Å²) in [6, 6.07) is 7.18. The molecule has 0 aromatic heterocycles. The Morgan fingerprint density at radius 3 is 2.94 bits per heavy atom. The number of likely N-dealkylation sites (tertiary alicyclic amines) is 1. The number of carbonyl (C=O) groups excluding carboxylic acids is 1. The lowest BCUT2D eigenvalue weighted by Gasteiger charge is -2.17. The minimum absolute atomic E-state index is 0.0618. The molecule has 2 rings (SSSR count). The van der Waals surface area contributed by atoms with Crippen molar-refractivity contribution in [3.8, 4) is 6.07 Å². The van der Waals surface area contributed by atoms with E-state index in [1.165, 1.54) is 0 Å². The van der Waals surface area contributed by atoms with Crippen LogP contribution < -0.4 is 5.73 Å². The second-order valence-corrected chi connectivity index (χ2v) is 4.27. The summed E-state index contributed by atoms with van der Waals surface area (Å²) in [5.74, 6) is -0.0814. The lowest BCUT2D eigenvalue weighted by atomic mass is 10.1. The van der Waals surface area contributed by atoms with Crippen molar-refractivity contribution in [2.24, 2.45) is 5.92 Å². The molecule has 0 bridgehead atoms. The van der Waals surface area contributed by atoms with Crippen molar-refractivity contribution in [1.29, 1.82) is 5.26 Å². The molecule has 1 fully saturated rings. The Morgan fingerprint density at radius 2 is 2.35 bits per heavy atom. The number of anilines is 1. The van der Waals surface area contributed by atoms with Gasteiger partial charge in [0.05, 0.1) is 11.6 Å². The van der Waals surface area contributed by atoms with E-state index in [-0.39, 0.29) is 11.8 Å². The minimum atomic E-state index is -0.143. The molecule has 87 valence electrons. The Labute approximate surface area is 101 Å².